The summed E-state index contributed by atoms with van der Waals surface area (Å²) in [4.78, 5) is 25.1. The predicted molar refractivity (Wildman–Crippen MR) is 106 cm³/mol. The Bertz CT molecular complexity index is 1000. The summed E-state index contributed by atoms with van der Waals surface area (Å²) in [7, 11) is 1.28. The van der Waals surface area contributed by atoms with Gasteiger partial charge in [-0.25, -0.2) is 0 Å². The number of methoxy groups -OCH3 is 1. The van der Waals surface area contributed by atoms with Crippen LogP contribution in [0.15, 0.2) is 36.4 Å². The molecule has 0 saturated carbocycles. The SMILES string of the molecule is COc1cc(C(=O)C(=O)c2ccc(O[C@@H]3O[C@H](CO)[C@@H](O)[C@H](O)[C@H]3O)cc2O)ccc1O. The number of phenols is 2. The number of rotatable bonds is 7. The molecule has 0 aliphatic carbocycles. The first-order valence-electron chi connectivity index (χ1n) is 9.44. The Balaban J connectivity index is 1.77. The summed E-state index contributed by atoms with van der Waals surface area (Å²) < 4.78 is 15.5. The van der Waals surface area contributed by atoms with Gasteiger partial charge < -0.3 is 44.8 Å². The standard InChI is InChI=1S/C21H22O11/c1-30-14-6-9(2-5-12(14)23)16(25)17(26)11-4-3-10(7-13(11)24)31-21-20(29)19(28)18(27)15(8-22)32-21/h2-7,15,18-24,27-29H,8H2,1H3/t15-,18-,19+,20-,21-/m1/s1. The third-order valence-corrected chi connectivity index (χ3v) is 4.96. The molecule has 0 radical (unpaired) electrons. The summed E-state index contributed by atoms with van der Waals surface area (Å²) in [5, 5.41) is 58.7. The van der Waals surface area contributed by atoms with Gasteiger partial charge >= 0.3 is 0 Å². The number of hydrogen-bond donors (Lipinski definition) is 6. The number of benzene rings is 2. The normalized spacial score (nSPS) is 25.2. The maximum atomic E-state index is 12.6. The van der Waals surface area contributed by atoms with Gasteiger partial charge in [0.15, 0.2) is 11.5 Å². The van der Waals surface area contributed by atoms with Crippen molar-refractivity contribution in [2.75, 3.05) is 13.7 Å². The zero-order valence-corrected chi connectivity index (χ0v) is 16.8. The minimum Gasteiger partial charge on any atom is -0.507 e. The average Bonchev–Trinajstić information content (AvgIpc) is 2.79. The zero-order chi connectivity index (χ0) is 23.6. The highest BCUT2D eigenvalue weighted by Crippen LogP contribution is 2.30. The molecule has 0 unspecified atom stereocenters. The Morgan fingerprint density at radius 3 is 2.28 bits per heavy atom. The maximum Gasteiger partial charge on any atom is 0.237 e. The molecular formula is C21H22O11. The van der Waals surface area contributed by atoms with Crippen LogP contribution in [0.5, 0.6) is 23.0 Å². The Labute approximate surface area is 181 Å². The van der Waals surface area contributed by atoms with Crippen molar-refractivity contribution in [1.29, 1.82) is 0 Å². The minimum absolute atomic E-state index is 0.00357. The monoisotopic (exact) mass is 450 g/mol. The number of Topliss-reactive ketones (excluding diaryl/α,β-unsaturated/α-hetero) is 2. The van der Waals surface area contributed by atoms with Crippen LogP contribution >= 0.6 is 0 Å². The van der Waals surface area contributed by atoms with Gasteiger partial charge in [0, 0.05) is 11.6 Å². The van der Waals surface area contributed by atoms with Gasteiger partial charge in [-0.15, -0.1) is 0 Å². The van der Waals surface area contributed by atoms with E-state index in [1.54, 1.807) is 0 Å². The first-order chi connectivity index (χ1) is 15.2. The Morgan fingerprint density at radius 2 is 1.66 bits per heavy atom. The van der Waals surface area contributed by atoms with E-state index in [0.717, 1.165) is 12.1 Å². The number of ketones is 2. The number of carbonyl (C=O) groups excluding carboxylic acids is 2. The van der Waals surface area contributed by atoms with Crippen LogP contribution < -0.4 is 9.47 Å². The van der Waals surface area contributed by atoms with E-state index in [4.69, 9.17) is 14.2 Å². The van der Waals surface area contributed by atoms with Crippen LogP contribution in [0.4, 0.5) is 0 Å². The van der Waals surface area contributed by atoms with Crippen LogP contribution in [0.25, 0.3) is 0 Å². The van der Waals surface area contributed by atoms with Crippen LogP contribution in [-0.2, 0) is 4.74 Å². The molecular weight excluding hydrogens is 428 g/mol. The van der Waals surface area contributed by atoms with E-state index in [-0.39, 0.29) is 28.4 Å². The lowest BCUT2D eigenvalue weighted by molar-refractivity contribution is -0.277. The first-order valence-corrected chi connectivity index (χ1v) is 9.44. The average molecular weight is 450 g/mol. The molecule has 11 nitrogen and oxygen atoms in total. The molecule has 1 aliphatic heterocycles. The lowest BCUT2D eigenvalue weighted by Crippen LogP contribution is -2.60. The molecule has 1 heterocycles. The molecule has 6 N–H and O–H groups in total. The topological polar surface area (TPSA) is 183 Å². The molecule has 0 amide bonds. The molecule has 1 aliphatic rings. The van der Waals surface area contributed by atoms with E-state index >= 15 is 0 Å². The highest BCUT2D eigenvalue weighted by Gasteiger charge is 2.44. The van der Waals surface area contributed by atoms with E-state index in [1.165, 1.54) is 31.4 Å². The number of aromatic hydroxyl groups is 2. The number of carbonyl (C=O) groups is 2. The van der Waals surface area contributed by atoms with Gasteiger partial charge in [-0.2, -0.15) is 0 Å². The second-order valence-corrected chi connectivity index (χ2v) is 7.04. The number of hydrogen-bond acceptors (Lipinski definition) is 11. The Kier molecular flexibility index (Phi) is 6.96. The smallest absolute Gasteiger partial charge is 0.237 e. The predicted octanol–water partition coefficient (Wildman–Crippen LogP) is -0.649. The van der Waals surface area contributed by atoms with Crippen molar-refractivity contribution in [3.63, 3.8) is 0 Å². The fourth-order valence-electron chi connectivity index (χ4n) is 3.15. The molecule has 11 heteroatoms. The molecule has 1 fully saturated rings. The summed E-state index contributed by atoms with van der Waals surface area (Å²) in [6.07, 6.45) is -7.55. The Morgan fingerprint density at radius 1 is 0.938 bits per heavy atom. The molecule has 3 rings (SSSR count). The van der Waals surface area contributed by atoms with Gasteiger partial charge in [-0.1, -0.05) is 0 Å². The van der Waals surface area contributed by atoms with E-state index < -0.39 is 54.6 Å². The fourth-order valence-corrected chi connectivity index (χ4v) is 3.15. The van der Waals surface area contributed by atoms with Gasteiger partial charge in [-0.3, -0.25) is 9.59 Å². The van der Waals surface area contributed by atoms with Gasteiger partial charge in [0.1, 0.15) is 35.9 Å². The van der Waals surface area contributed by atoms with Gasteiger partial charge in [0.25, 0.3) is 0 Å². The summed E-state index contributed by atoms with van der Waals surface area (Å²) >= 11 is 0. The quantitative estimate of drug-likeness (QED) is 0.233. The van der Waals surface area contributed by atoms with Gasteiger partial charge in [-0.05, 0) is 30.3 Å². The minimum atomic E-state index is -1.66. The maximum absolute atomic E-state index is 12.6. The second kappa shape index (κ2) is 9.51. The first kappa shape index (κ1) is 23.4. The summed E-state index contributed by atoms with van der Waals surface area (Å²) in [6, 6.07) is 6.94. The molecule has 5 atom stereocenters. The van der Waals surface area contributed by atoms with E-state index in [0.29, 0.717) is 0 Å². The third-order valence-electron chi connectivity index (χ3n) is 4.96. The second-order valence-electron chi connectivity index (χ2n) is 7.04. The summed E-state index contributed by atoms with van der Waals surface area (Å²) in [5.74, 6) is -2.89. The Hall–Kier alpha value is -3.22. The number of aliphatic hydroxyl groups is 4. The summed E-state index contributed by atoms with van der Waals surface area (Å²) in [5.41, 5.74) is -0.395. The zero-order valence-electron chi connectivity index (χ0n) is 16.8. The van der Waals surface area contributed by atoms with Crippen LogP contribution in [-0.4, -0.2) is 86.6 Å². The van der Waals surface area contributed by atoms with E-state index in [1.807, 2.05) is 0 Å². The molecule has 1 saturated heterocycles. The number of ether oxygens (including phenoxy) is 3. The fraction of sp³-hybridized carbons (Fsp3) is 0.333. The van der Waals surface area contributed by atoms with E-state index in [9.17, 15) is 40.2 Å². The van der Waals surface area contributed by atoms with Crippen LogP contribution in [0.1, 0.15) is 20.7 Å². The van der Waals surface area contributed by atoms with Crippen molar-refractivity contribution < 1.29 is 54.4 Å². The molecule has 0 spiro atoms. The number of phenolic OH excluding ortho intramolecular Hbond substituents is 2. The van der Waals surface area contributed by atoms with Gasteiger partial charge in [0.2, 0.25) is 17.9 Å². The van der Waals surface area contributed by atoms with E-state index in [2.05, 4.69) is 0 Å². The molecule has 0 aromatic heterocycles. The molecule has 0 bridgehead atoms. The molecule has 32 heavy (non-hydrogen) atoms. The lowest BCUT2D eigenvalue weighted by Gasteiger charge is -2.39. The van der Waals surface area contributed by atoms with Crippen LogP contribution in [0, 0.1) is 0 Å². The van der Waals surface area contributed by atoms with Crippen molar-refractivity contribution in [1.82, 2.24) is 0 Å². The van der Waals surface area contributed by atoms with Gasteiger partial charge in [0.05, 0.1) is 19.3 Å². The van der Waals surface area contributed by atoms with Crippen LogP contribution in [0.3, 0.4) is 0 Å². The van der Waals surface area contributed by atoms with Crippen molar-refractivity contribution >= 4 is 11.6 Å². The lowest BCUT2D eigenvalue weighted by atomic mass is 9.99. The molecule has 2 aromatic carbocycles. The molecule has 2 aromatic rings. The van der Waals surface area contributed by atoms with Crippen molar-refractivity contribution in [3.8, 4) is 23.0 Å². The highest BCUT2D eigenvalue weighted by molar-refractivity contribution is 6.49. The van der Waals surface area contributed by atoms with Crippen LogP contribution in [0.2, 0.25) is 0 Å². The highest BCUT2D eigenvalue weighted by atomic mass is 16.7. The largest absolute Gasteiger partial charge is 0.507 e. The third kappa shape index (κ3) is 4.52. The molecule has 172 valence electrons. The summed E-state index contributed by atoms with van der Waals surface area (Å²) in [6.45, 7) is -0.645. The number of aliphatic hydroxyl groups excluding tert-OH is 4. The van der Waals surface area contributed by atoms with Crippen molar-refractivity contribution in [2.45, 2.75) is 30.7 Å². The van der Waals surface area contributed by atoms with Crippen molar-refractivity contribution in [3.05, 3.63) is 47.5 Å². The van der Waals surface area contributed by atoms with Crippen molar-refractivity contribution in [2.24, 2.45) is 0 Å².